The number of primary amides is 1. The van der Waals surface area contributed by atoms with Gasteiger partial charge in [-0.15, -0.1) is 0 Å². The first-order valence-electron chi connectivity index (χ1n) is 10.9. The summed E-state index contributed by atoms with van der Waals surface area (Å²) in [6, 6.07) is 12.0. The van der Waals surface area contributed by atoms with E-state index in [2.05, 4.69) is 10.3 Å². The van der Waals surface area contributed by atoms with E-state index in [1.165, 1.54) is 43.3 Å². The minimum atomic E-state index is -1.74. The van der Waals surface area contributed by atoms with Gasteiger partial charge in [-0.25, -0.2) is 13.8 Å². The third-order valence-electron chi connectivity index (χ3n) is 6.23. The minimum absolute atomic E-state index is 0.0346. The number of carbonyl (C=O) groups excluding carboxylic acids is 2. The van der Waals surface area contributed by atoms with Gasteiger partial charge in [0.2, 0.25) is 5.91 Å². The highest BCUT2D eigenvalue weighted by Gasteiger charge is 2.45. The van der Waals surface area contributed by atoms with Crippen molar-refractivity contribution in [3.63, 3.8) is 0 Å². The molecule has 184 valence electrons. The number of nitrogens with two attached hydrogens (primary N) is 1. The van der Waals surface area contributed by atoms with Crippen LogP contribution in [-0.4, -0.2) is 35.1 Å². The van der Waals surface area contributed by atoms with Crippen molar-refractivity contribution >= 4 is 11.8 Å². The molecule has 2 heterocycles. The van der Waals surface area contributed by atoms with Gasteiger partial charge >= 0.3 is 0 Å². The Morgan fingerprint density at radius 2 is 1.94 bits per heavy atom. The summed E-state index contributed by atoms with van der Waals surface area (Å²) in [5, 5.41) is 22.8. The standard InChI is InChI=1S/C26H22F2N4O4/c1-25(24(30)34)13-36-22-18(25)10-20(32-21(22)14-3-6-17(27)7-4-14)26(2,35)12-31-23(33)15-5-8-19(28)16(9-15)11-29/h3-10,35H,12-13H2,1-2H3,(H2,30,34)(H,31,33)/t25-,26-/m0/s1. The Morgan fingerprint density at radius 1 is 1.25 bits per heavy atom. The van der Waals surface area contributed by atoms with Crippen LogP contribution in [0.4, 0.5) is 8.78 Å². The number of aliphatic hydroxyl groups is 1. The molecule has 0 fully saturated rings. The fraction of sp³-hybridized carbons (Fsp3) is 0.231. The number of nitrogens with zero attached hydrogens (tertiary/aromatic N) is 2. The zero-order chi connectivity index (χ0) is 26.3. The fourth-order valence-corrected chi connectivity index (χ4v) is 3.86. The predicted octanol–water partition coefficient (Wildman–Crippen LogP) is 2.67. The number of halogens is 2. The predicted molar refractivity (Wildman–Crippen MR) is 125 cm³/mol. The van der Waals surface area contributed by atoms with Crippen LogP contribution in [0, 0.1) is 23.0 Å². The van der Waals surface area contributed by atoms with Crippen molar-refractivity contribution in [2.45, 2.75) is 24.9 Å². The van der Waals surface area contributed by atoms with Gasteiger partial charge in [-0.2, -0.15) is 5.26 Å². The molecule has 3 aromatic rings. The monoisotopic (exact) mass is 492 g/mol. The molecule has 0 saturated carbocycles. The molecular weight excluding hydrogens is 470 g/mol. The van der Waals surface area contributed by atoms with Gasteiger partial charge in [-0.1, -0.05) is 0 Å². The molecule has 0 radical (unpaired) electrons. The van der Waals surface area contributed by atoms with Gasteiger partial charge in [0.15, 0.2) is 0 Å². The molecule has 0 saturated heterocycles. The second-order valence-corrected chi connectivity index (χ2v) is 8.99. The molecule has 2 amide bonds. The van der Waals surface area contributed by atoms with Crippen molar-refractivity contribution in [1.29, 1.82) is 5.26 Å². The zero-order valence-electron chi connectivity index (χ0n) is 19.4. The number of nitriles is 1. The lowest BCUT2D eigenvalue weighted by Gasteiger charge is -2.26. The highest BCUT2D eigenvalue weighted by Crippen LogP contribution is 2.45. The average molecular weight is 492 g/mol. The molecule has 10 heteroatoms. The van der Waals surface area contributed by atoms with Crippen molar-refractivity contribution < 1.29 is 28.2 Å². The maximum absolute atomic E-state index is 13.6. The number of aromatic nitrogens is 1. The summed E-state index contributed by atoms with van der Waals surface area (Å²) in [5.41, 5.74) is 3.73. The van der Waals surface area contributed by atoms with Crippen molar-refractivity contribution in [3.05, 3.63) is 82.5 Å². The number of hydrogen-bond donors (Lipinski definition) is 3. The number of benzene rings is 2. The number of rotatable bonds is 6. The van der Waals surface area contributed by atoms with Crippen LogP contribution in [0.5, 0.6) is 5.75 Å². The van der Waals surface area contributed by atoms with Gasteiger partial charge in [0.25, 0.3) is 5.91 Å². The van der Waals surface area contributed by atoms with Crippen LogP contribution in [0.3, 0.4) is 0 Å². The second kappa shape index (κ2) is 9.02. The van der Waals surface area contributed by atoms with Gasteiger partial charge in [0, 0.05) is 16.7 Å². The summed E-state index contributed by atoms with van der Waals surface area (Å²) in [5.74, 6) is -2.19. The summed E-state index contributed by atoms with van der Waals surface area (Å²) in [6.07, 6.45) is 0. The zero-order valence-corrected chi connectivity index (χ0v) is 19.4. The van der Waals surface area contributed by atoms with Crippen LogP contribution in [0.2, 0.25) is 0 Å². The van der Waals surface area contributed by atoms with E-state index in [4.69, 9.17) is 15.7 Å². The third-order valence-corrected chi connectivity index (χ3v) is 6.23. The molecule has 0 bridgehead atoms. The molecule has 2 aromatic carbocycles. The van der Waals surface area contributed by atoms with Crippen LogP contribution >= 0.6 is 0 Å². The Kier molecular flexibility index (Phi) is 6.20. The van der Waals surface area contributed by atoms with Gasteiger partial charge in [0.05, 0.1) is 17.8 Å². The topological polar surface area (TPSA) is 138 Å². The van der Waals surface area contributed by atoms with Crippen LogP contribution < -0.4 is 15.8 Å². The first-order valence-corrected chi connectivity index (χ1v) is 10.9. The summed E-state index contributed by atoms with van der Waals surface area (Å²) in [7, 11) is 0. The summed E-state index contributed by atoms with van der Waals surface area (Å²) in [6.45, 7) is 2.67. The molecule has 8 nitrogen and oxygen atoms in total. The smallest absolute Gasteiger partial charge is 0.251 e. The Morgan fingerprint density at radius 3 is 2.58 bits per heavy atom. The maximum Gasteiger partial charge on any atom is 0.251 e. The average Bonchev–Trinajstić information content (AvgIpc) is 3.21. The van der Waals surface area contributed by atoms with Gasteiger partial charge < -0.3 is 20.9 Å². The molecular formula is C26H22F2N4O4. The molecule has 0 unspecified atom stereocenters. The summed E-state index contributed by atoms with van der Waals surface area (Å²) < 4.78 is 32.9. The van der Waals surface area contributed by atoms with E-state index in [0.717, 1.165) is 12.1 Å². The van der Waals surface area contributed by atoms with Crippen LogP contribution in [-0.2, 0) is 15.8 Å². The number of ether oxygens (including phenoxy) is 1. The third kappa shape index (κ3) is 4.36. The summed E-state index contributed by atoms with van der Waals surface area (Å²) >= 11 is 0. The van der Waals surface area contributed by atoms with Crippen molar-refractivity contribution in [1.82, 2.24) is 10.3 Å². The van der Waals surface area contributed by atoms with Gasteiger partial charge in [-0.3, -0.25) is 9.59 Å². The Labute approximate surface area is 205 Å². The second-order valence-electron chi connectivity index (χ2n) is 8.99. The van der Waals surface area contributed by atoms with E-state index < -0.39 is 34.5 Å². The fourth-order valence-electron chi connectivity index (χ4n) is 3.86. The SMILES string of the molecule is C[C@](O)(CNC(=O)c1ccc(F)c(C#N)c1)c1cc2c(c(-c3ccc(F)cc3)n1)OC[C@]2(C)C(N)=O. The minimum Gasteiger partial charge on any atom is -0.489 e. The molecule has 4 rings (SSSR count). The molecule has 0 aliphatic carbocycles. The first kappa shape index (κ1) is 24.8. The van der Waals surface area contributed by atoms with Crippen LogP contribution in [0.1, 0.15) is 41.0 Å². The Hall–Kier alpha value is -4.36. The van der Waals surface area contributed by atoms with Crippen molar-refractivity contribution in [2.24, 2.45) is 5.73 Å². The molecule has 4 N–H and O–H groups in total. The number of nitrogens with one attached hydrogen (secondary N) is 1. The molecule has 2 atom stereocenters. The van der Waals surface area contributed by atoms with E-state index in [-0.39, 0.29) is 35.7 Å². The van der Waals surface area contributed by atoms with Gasteiger partial charge in [0.1, 0.15) is 46.8 Å². The molecule has 0 spiro atoms. The van der Waals surface area contributed by atoms with Gasteiger partial charge in [-0.05, 0) is 62.4 Å². The lowest BCUT2D eigenvalue weighted by Crippen LogP contribution is -2.41. The van der Waals surface area contributed by atoms with Crippen molar-refractivity contribution in [3.8, 4) is 23.1 Å². The number of amides is 2. The van der Waals surface area contributed by atoms with E-state index in [1.54, 1.807) is 13.0 Å². The highest BCUT2D eigenvalue weighted by atomic mass is 19.1. The summed E-state index contributed by atoms with van der Waals surface area (Å²) in [4.78, 5) is 29.4. The number of hydrogen-bond acceptors (Lipinski definition) is 6. The molecule has 1 aliphatic rings. The Balaban J connectivity index is 1.71. The number of carbonyl (C=O) groups is 2. The van der Waals surface area contributed by atoms with E-state index in [1.807, 2.05) is 0 Å². The van der Waals surface area contributed by atoms with E-state index >= 15 is 0 Å². The quantitative estimate of drug-likeness (QED) is 0.484. The van der Waals surface area contributed by atoms with Crippen LogP contribution in [0.15, 0.2) is 48.5 Å². The normalized spacial score (nSPS) is 17.9. The van der Waals surface area contributed by atoms with Crippen molar-refractivity contribution in [2.75, 3.05) is 13.2 Å². The maximum atomic E-state index is 13.6. The lowest BCUT2D eigenvalue weighted by molar-refractivity contribution is -0.123. The van der Waals surface area contributed by atoms with E-state index in [0.29, 0.717) is 16.9 Å². The molecule has 36 heavy (non-hydrogen) atoms. The van der Waals surface area contributed by atoms with Crippen LogP contribution in [0.25, 0.3) is 11.3 Å². The van der Waals surface area contributed by atoms with E-state index in [9.17, 15) is 23.5 Å². The molecule has 1 aliphatic heterocycles. The Bertz CT molecular complexity index is 1420. The number of pyridine rings is 1. The lowest BCUT2D eigenvalue weighted by atomic mass is 9.82. The number of fused-ring (bicyclic) bond motifs is 1. The largest absolute Gasteiger partial charge is 0.489 e. The highest BCUT2D eigenvalue weighted by molar-refractivity contribution is 5.94. The first-order chi connectivity index (χ1) is 17.0. The molecule has 1 aromatic heterocycles.